The molecule has 1 aromatic heterocycles. The molecule has 0 unspecified atom stereocenters. The second kappa shape index (κ2) is 10.2. The first kappa shape index (κ1) is 26.1. The van der Waals surface area contributed by atoms with Gasteiger partial charge in [-0.05, 0) is 77.7 Å². The van der Waals surface area contributed by atoms with Crippen molar-refractivity contribution in [2.24, 2.45) is 0 Å². The summed E-state index contributed by atoms with van der Waals surface area (Å²) in [5.74, 6) is 0. The van der Waals surface area contributed by atoms with Gasteiger partial charge in [0.25, 0.3) is 0 Å². The number of rotatable bonds is 3. The van der Waals surface area contributed by atoms with E-state index in [1.54, 1.807) is 0 Å². The van der Waals surface area contributed by atoms with E-state index in [1.165, 1.54) is 76.5 Å². The zero-order valence-corrected chi connectivity index (χ0v) is 25.6. The van der Waals surface area contributed by atoms with E-state index in [0.29, 0.717) is 0 Å². The molecule has 0 aliphatic carbocycles. The van der Waals surface area contributed by atoms with Crippen LogP contribution in [0.1, 0.15) is 0 Å². The molecule has 0 aliphatic heterocycles. The molecule has 0 amide bonds. The topological polar surface area (TPSA) is 13.1 Å². The van der Waals surface area contributed by atoms with E-state index in [-0.39, 0.29) is 0 Å². The van der Waals surface area contributed by atoms with E-state index < -0.39 is 0 Å². The van der Waals surface area contributed by atoms with Crippen LogP contribution in [0.5, 0.6) is 0 Å². The Hall–Kier alpha value is -6.18. The van der Waals surface area contributed by atoms with Crippen molar-refractivity contribution < 1.29 is 4.42 Å². The van der Waals surface area contributed by atoms with Crippen LogP contribution in [0.4, 0.5) is 0 Å². The summed E-state index contributed by atoms with van der Waals surface area (Å²) in [6.45, 7) is 0. The highest BCUT2D eigenvalue weighted by Gasteiger charge is 2.20. The summed E-state index contributed by atoms with van der Waals surface area (Å²) < 4.78 is 6.67. The molecule has 0 bridgehead atoms. The second-order valence-corrected chi connectivity index (χ2v) is 12.4. The molecule has 218 valence electrons. The van der Waals surface area contributed by atoms with Gasteiger partial charge in [0.15, 0.2) is 0 Å². The fourth-order valence-electron chi connectivity index (χ4n) is 7.79. The lowest BCUT2D eigenvalue weighted by Crippen LogP contribution is -1.91. The van der Waals surface area contributed by atoms with Gasteiger partial charge in [0.2, 0.25) is 0 Å². The minimum Gasteiger partial charge on any atom is -0.455 e. The summed E-state index contributed by atoms with van der Waals surface area (Å²) in [6, 6.07) is 61.4. The Morgan fingerprint density at radius 2 is 0.766 bits per heavy atom. The van der Waals surface area contributed by atoms with Gasteiger partial charge in [-0.3, -0.25) is 0 Å². The maximum atomic E-state index is 6.67. The van der Waals surface area contributed by atoms with Crippen LogP contribution in [0.25, 0.3) is 98.4 Å². The Bertz CT molecular complexity index is 2760. The Morgan fingerprint density at radius 1 is 0.298 bits per heavy atom. The lowest BCUT2D eigenvalue weighted by molar-refractivity contribution is 0.673. The Kier molecular flexibility index (Phi) is 5.64. The van der Waals surface area contributed by atoms with Crippen molar-refractivity contribution in [1.29, 1.82) is 0 Å². The van der Waals surface area contributed by atoms with Crippen LogP contribution < -0.4 is 0 Å². The van der Waals surface area contributed by atoms with Crippen LogP contribution >= 0.6 is 0 Å². The lowest BCUT2D eigenvalue weighted by atomic mass is 9.85. The largest absolute Gasteiger partial charge is 0.455 e. The van der Waals surface area contributed by atoms with Crippen molar-refractivity contribution in [3.05, 3.63) is 170 Å². The molecule has 9 aromatic carbocycles. The first-order valence-corrected chi connectivity index (χ1v) is 16.2. The van der Waals surface area contributed by atoms with Gasteiger partial charge in [-0.15, -0.1) is 0 Å². The highest BCUT2D eigenvalue weighted by atomic mass is 16.3. The van der Waals surface area contributed by atoms with Gasteiger partial charge in [-0.2, -0.15) is 0 Å². The summed E-state index contributed by atoms with van der Waals surface area (Å²) in [4.78, 5) is 0. The molecular formula is C46H28O. The third-order valence-electron chi connectivity index (χ3n) is 9.83. The smallest absolute Gasteiger partial charge is 0.143 e. The standard InChI is InChI=1S/C46H28O/c1-2-13-30(14-3-1)42-36-18-8-10-20-38(36)43(39-21-11-9-19-37(39)42)31-22-24-32(25-23-31)44-34-16-6-5-15-33(34)28-41-45(44)40-27-26-29-12-4-7-17-35(29)46(40)47-41/h1-28H. The molecule has 47 heavy (non-hydrogen) atoms. The van der Waals surface area contributed by atoms with Crippen LogP contribution in [-0.2, 0) is 0 Å². The number of hydrogen-bond donors (Lipinski definition) is 0. The van der Waals surface area contributed by atoms with Crippen LogP contribution in [0.3, 0.4) is 0 Å². The average Bonchev–Trinajstić information content (AvgIpc) is 3.52. The van der Waals surface area contributed by atoms with Crippen LogP contribution in [0.2, 0.25) is 0 Å². The third-order valence-corrected chi connectivity index (χ3v) is 9.83. The summed E-state index contributed by atoms with van der Waals surface area (Å²) in [5.41, 5.74) is 9.27. The summed E-state index contributed by atoms with van der Waals surface area (Å²) in [6.07, 6.45) is 0. The normalized spacial score (nSPS) is 11.8. The number of benzene rings is 9. The van der Waals surface area contributed by atoms with Crippen molar-refractivity contribution >= 4 is 65.0 Å². The monoisotopic (exact) mass is 596 g/mol. The van der Waals surface area contributed by atoms with E-state index in [0.717, 1.165) is 21.9 Å². The lowest BCUT2D eigenvalue weighted by Gasteiger charge is -2.18. The van der Waals surface area contributed by atoms with Crippen LogP contribution in [0.15, 0.2) is 174 Å². The van der Waals surface area contributed by atoms with Crippen molar-refractivity contribution in [3.63, 3.8) is 0 Å². The first-order chi connectivity index (χ1) is 23.3. The van der Waals surface area contributed by atoms with E-state index in [2.05, 4.69) is 170 Å². The van der Waals surface area contributed by atoms with Gasteiger partial charge in [0, 0.05) is 21.7 Å². The highest BCUT2D eigenvalue weighted by Crippen LogP contribution is 2.46. The molecule has 0 radical (unpaired) electrons. The second-order valence-electron chi connectivity index (χ2n) is 12.4. The van der Waals surface area contributed by atoms with Crippen molar-refractivity contribution in [3.8, 4) is 33.4 Å². The molecule has 1 heteroatoms. The number of fused-ring (bicyclic) bond motifs is 8. The van der Waals surface area contributed by atoms with Gasteiger partial charge in [-0.1, -0.05) is 158 Å². The van der Waals surface area contributed by atoms with Gasteiger partial charge >= 0.3 is 0 Å². The quantitative estimate of drug-likeness (QED) is 0.185. The molecule has 0 spiro atoms. The maximum absolute atomic E-state index is 6.67. The van der Waals surface area contributed by atoms with Gasteiger partial charge < -0.3 is 4.42 Å². The zero-order valence-electron chi connectivity index (χ0n) is 25.6. The van der Waals surface area contributed by atoms with Crippen molar-refractivity contribution in [2.45, 2.75) is 0 Å². The van der Waals surface area contributed by atoms with E-state index >= 15 is 0 Å². The van der Waals surface area contributed by atoms with Crippen LogP contribution in [0, 0.1) is 0 Å². The molecule has 10 rings (SSSR count). The molecule has 0 aliphatic rings. The van der Waals surface area contributed by atoms with Gasteiger partial charge in [0.1, 0.15) is 11.2 Å². The fraction of sp³-hybridized carbons (Fsp3) is 0. The SMILES string of the molecule is c1ccc(-c2c3ccccc3c(-c3ccc(-c4c5ccccc5cc5oc6c7ccccc7ccc6c45)cc3)c3ccccc23)cc1. The minimum absolute atomic E-state index is 0.919. The molecule has 1 nitrogen and oxygen atoms in total. The predicted octanol–water partition coefficient (Wildman–Crippen LogP) is 13.2. The predicted molar refractivity (Wildman–Crippen MR) is 200 cm³/mol. The van der Waals surface area contributed by atoms with E-state index in [9.17, 15) is 0 Å². The zero-order chi connectivity index (χ0) is 30.9. The Balaban J connectivity index is 1.23. The number of hydrogen-bond acceptors (Lipinski definition) is 1. The van der Waals surface area contributed by atoms with E-state index in [4.69, 9.17) is 4.42 Å². The molecule has 0 saturated carbocycles. The highest BCUT2D eigenvalue weighted by molar-refractivity contribution is 6.25. The minimum atomic E-state index is 0.919. The molecule has 0 N–H and O–H groups in total. The first-order valence-electron chi connectivity index (χ1n) is 16.2. The maximum Gasteiger partial charge on any atom is 0.143 e. The Labute approximate surface area is 271 Å². The summed E-state index contributed by atoms with van der Waals surface area (Å²) in [5, 5.41) is 12.1. The van der Waals surface area contributed by atoms with Gasteiger partial charge in [-0.25, -0.2) is 0 Å². The molecule has 0 saturated heterocycles. The van der Waals surface area contributed by atoms with Gasteiger partial charge in [0.05, 0.1) is 0 Å². The molecule has 0 atom stereocenters. The van der Waals surface area contributed by atoms with Crippen LogP contribution in [-0.4, -0.2) is 0 Å². The van der Waals surface area contributed by atoms with Crippen molar-refractivity contribution in [2.75, 3.05) is 0 Å². The molecule has 10 aromatic rings. The molecule has 0 fully saturated rings. The Morgan fingerprint density at radius 3 is 1.38 bits per heavy atom. The fourth-order valence-corrected chi connectivity index (χ4v) is 7.79. The molecule has 1 heterocycles. The summed E-state index contributed by atoms with van der Waals surface area (Å²) >= 11 is 0. The average molecular weight is 597 g/mol. The van der Waals surface area contributed by atoms with Crippen molar-refractivity contribution in [1.82, 2.24) is 0 Å². The third kappa shape index (κ3) is 3.90. The number of furan rings is 1. The summed E-state index contributed by atoms with van der Waals surface area (Å²) in [7, 11) is 0. The van der Waals surface area contributed by atoms with E-state index in [1.807, 2.05) is 0 Å². The molecular weight excluding hydrogens is 569 g/mol.